The lowest BCUT2D eigenvalue weighted by Gasteiger charge is -2.13. The SMILES string of the molecule is C[C@@H]1CN(C(=O)c2cnn(-c3ccc(F)cc3)n2)C[C@H]1C(=O)O. The molecule has 0 radical (unpaired) electrons. The first kappa shape index (κ1) is 15.1. The zero-order valence-corrected chi connectivity index (χ0v) is 12.4. The number of halogens is 1. The van der Waals surface area contributed by atoms with Crippen LogP contribution in [0.2, 0.25) is 0 Å². The molecule has 1 aliphatic heterocycles. The Kier molecular flexibility index (Phi) is 3.81. The number of carbonyl (C=O) groups excluding carboxylic acids is 1. The summed E-state index contributed by atoms with van der Waals surface area (Å²) in [4.78, 5) is 26.3. The molecule has 7 nitrogen and oxygen atoms in total. The summed E-state index contributed by atoms with van der Waals surface area (Å²) in [6, 6.07) is 5.56. The minimum absolute atomic E-state index is 0.108. The summed E-state index contributed by atoms with van der Waals surface area (Å²) >= 11 is 0. The summed E-state index contributed by atoms with van der Waals surface area (Å²) in [5, 5.41) is 17.2. The predicted molar refractivity (Wildman–Crippen MR) is 77.5 cm³/mol. The van der Waals surface area contributed by atoms with E-state index in [0.717, 1.165) is 0 Å². The van der Waals surface area contributed by atoms with Crippen LogP contribution in [-0.2, 0) is 4.79 Å². The van der Waals surface area contributed by atoms with Gasteiger partial charge < -0.3 is 10.0 Å². The number of amides is 1. The molecule has 1 fully saturated rings. The molecule has 1 aromatic carbocycles. The minimum atomic E-state index is -0.900. The van der Waals surface area contributed by atoms with Gasteiger partial charge in [0.15, 0.2) is 5.69 Å². The number of hydrogen-bond donors (Lipinski definition) is 1. The largest absolute Gasteiger partial charge is 0.481 e. The molecule has 0 spiro atoms. The van der Waals surface area contributed by atoms with Crippen LogP contribution in [-0.4, -0.2) is 50.0 Å². The zero-order chi connectivity index (χ0) is 16.6. The van der Waals surface area contributed by atoms with E-state index in [1.807, 2.05) is 0 Å². The maximum Gasteiger partial charge on any atom is 0.308 e. The van der Waals surface area contributed by atoms with Crippen LogP contribution in [0.1, 0.15) is 17.4 Å². The maximum absolute atomic E-state index is 12.9. The van der Waals surface area contributed by atoms with Gasteiger partial charge in [0.25, 0.3) is 5.91 Å². The Balaban J connectivity index is 1.77. The Morgan fingerprint density at radius 1 is 1.26 bits per heavy atom. The predicted octanol–water partition coefficient (Wildman–Crippen LogP) is 1.20. The van der Waals surface area contributed by atoms with Gasteiger partial charge in [0.1, 0.15) is 5.82 Å². The van der Waals surface area contributed by atoms with E-state index >= 15 is 0 Å². The quantitative estimate of drug-likeness (QED) is 0.918. The molecule has 0 unspecified atom stereocenters. The number of likely N-dealkylation sites (tertiary alicyclic amines) is 1. The molecule has 23 heavy (non-hydrogen) atoms. The van der Waals surface area contributed by atoms with Crippen molar-refractivity contribution in [2.24, 2.45) is 11.8 Å². The van der Waals surface area contributed by atoms with Crippen molar-refractivity contribution < 1.29 is 19.1 Å². The van der Waals surface area contributed by atoms with Crippen molar-refractivity contribution in [1.82, 2.24) is 19.9 Å². The number of hydrogen-bond acceptors (Lipinski definition) is 4. The molecule has 2 heterocycles. The van der Waals surface area contributed by atoms with Gasteiger partial charge >= 0.3 is 5.97 Å². The highest BCUT2D eigenvalue weighted by atomic mass is 19.1. The van der Waals surface area contributed by atoms with Crippen LogP contribution in [0, 0.1) is 17.7 Å². The van der Waals surface area contributed by atoms with Crippen LogP contribution in [0.15, 0.2) is 30.5 Å². The monoisotopic (exact) mass is 318 g/mol. The Labute approximate surface area is 131 Å². The second-order valence-corrected chi connectivity index (χ2v) is 5.63. The van der Waals surface area contributed by atoms with Crippen molar-refractivity contribution in [1.29, 1.82) is 0 Å². The molecule has 0 bridgehead atoms. The molecule has 0 aliphatic carbocycles. The van der Waals surface area contributed by atoms with Crippen molar-refractivity contribution in [2.45, 2.75) is 6.92 Å². The highest BCUT2D eigenvalue weighted by molar-refractivity contribution is 5.92. The molecule has 120 valence electrons. The minimum Gasteiger partial charge on any atom is -0.481 e. The molecule has 3 rings (SSSR count). The summed E-state index contributed by atoms with van der Waals surface area (Å²) in [6.45, 7) is 2.35. The lowest BCUT2D eigenvalue weighted by Crippen LogP contribution is -2.30. The van der Waals surface area contributed by atoms with Gasteiger partial charge in [0.2, 0.25) is 0 Å². The Morgan fingerprint density at radius 3 is 2.57 bits per heavy atom. The van der Waals surface area contributed by atoms with E-state index in [1.165, 1.54) is 40.2 Å². The first-order chi connectivity index (χ1) is 11.0. The Hall–Kier alpha value is -2.77. The van der Waals surface area contributed by atoms with E-state index in [1.54, 1.807) is 6.92 Å². The summed E-state index contributed by atoms with van der Waals surface area (Å²) < 4.78 is 12.9. The third-order valence-corrected chi connectivity index (χ3v) is 3.99. The van der Waals surface area contributed by atoms with Gasteiger partial charge in [0.05, 0.1) is 17.8 Å². The molecule has 1 aliphatic rings. The molecular weight excluding hydrogens is 303 g/mol. The average molecular weight is 318 g/mol. The number of nitrogens with zero attached hydrogens (tertiary/aromatic N) is 4. The van der Waals surface area contributed by atoms with Crippen LogP contribution >= 0.6 is 0 Å². The molecule has 1 N–H and O–H groups in total. The third kappa shape index (κ3) is 2.92. The van der Waals surface area contributed by atoms with Crippen LogP contribution in [0.3, 0.4) is 0 Å². The van der Waals surface area contributed by atoms with Gasteiger partial charge in [-0.25, -0.2) is 4.39 Å². The fourth-order valence-corrected chi connectivity index (χ4v) is 2.68. The molecule has 2 aromatic rings. The molecule has 2 atom stereocenters. The molecule has 1 amide bonds. The van der Waals surface area contributed by atoms with Gasteiger partial charge in [-0.3, -0.25) is 9.59 Å². The first-order valence-corrected chi connectivity index (χ1v) is 7.16. The van der Waals surface area contributed by atoms with Gasteiger partial charge in [-0.2, -0.15) is 9.90 Å². The van der Waals surface area contributed by atoms with Crippen molar-refractivity contribution >= 4 is 11.9 Å². The molecule has 0 saturated carbocycles. The standard InChI is InChI=1S/C15H15FN4O3/c1-9-7-19(8-12(9)15(22)23)14(21)13-6-17-20(18-13)11-4-2-10(16)3-5-11/h2-6,9,12H,7-8H2,1H3,(H,22,23)/t9-,12-/m1/s1. The highest BCUT2D eigenvalue weighted by Crippen LogP contribution is 2.24. The summed E-state index contributed by atoms with van der Waals surface area (Å²) in [5.41, 5.74) is 0.663. The fourth-order valence-electron chi connectivity index (χ4n) is 2.68. The van der Waals surface area contributed by atoms with Crippen LogP contribution < -0.4 is 0 Å². The second kappa shape index (κ2) is 5.79. The number of carboxylic acid groups (broad SMARTS) is 1. The van der Waals surface area contributed by atoms with E-state index in [0.29, 0.717) is 12.2 Å². The normalized spacial score (nSPS) is 20.7. The molecule has 1 saturated heterocycles. The van der Waals surface area contributed by atoms with Crippen LogP contribution in [0.5, 0.6) is 0 Å². The summed E-state index contributed by atoms with van der Waals surface area (Å²) in [6.07, 6.45) is 1.32. The van der Waals surface area contributed by atoms with Gasteiger partial charge in [0, 0.05) is 13.1 Å². The van der Waals surface area contributed by atoms with Crippen molar-refractivity contribution in [3.8, 4) is 5.69 Å². The number of benzene rings is 1. The fraction of sp³-hybridized carbons (Fsp3) is 0.333. The van der Waals surface area contributed by atoms with Crippen LogP contribution in [0.4, 0.5) is 4.39 Å². The second-order valence-electron chi connectivity index (χ2n) is 5.63. The number of aromatic nitrogens is 3. The Bertz CT molecular complexity index is 743. The lowest BCUT2D eigenvalue weighted by molar-refractivity contribution is -0.142. The Morgan fingerprint density at radius 2 is 1.96 bits per heavy atom. The van der Waals surface area contributed by atoms with Crippen LogP contribution in [0.25, 0.3) is 5.69 Å². The third-order valence-electron chi connectivity index (χ3n) is 3.99. The van der Waals surface area contributed by atoms with Crippen molar-refractivity contribution in [2.75, 3.05) is 13.1 Å². The molecular formula is C15H15FN4O3. The number of carboxylic acids is 1. The lowest BCUT2D eigenvalue weighted by atomic mass is 9.99. The molecule has 1 aromatic heterocycles. The highest BCUT2D eigenvalue weighted by Gasteiger charge is 2.37. The summed E-state index contributed by atoms with van der Waals surface area (Å²) in [5.74, 6) is -2.30. The number of aliphatic carboxylic acids is 1. The van der Waals surface area contributed by atoms with E-state index in [2.05, 4.69) is 10.2 Å². The van der Waals surface area contributed by atoms with Crippen molar-refractivity contribution in [3.63, 3.8) is 0 Å². The summed E-state index contributed by atoms with van der Waals surface area (Å²) in [7, 11) is 0. The van der Waals surface area contributed by atoms with Gasteiger partial charge in [-0.1, -0.05) is 6.92 Å². The topological polar surface area (TPSA) is 88.3 Å². The molecule has 8 heteroatoms. The van der Waals surface area contributed by atoms with Gasteiger partial charge in [-0.15, -0.1) is 5.10 Å². The van der Waals surface area contributed by atoms with Gasteiger partial charge in [-0.05, 0) is 30.2 Å². The van der Waals surface area contributed by atoms with E-state index in [-0.39, 0.29) is 29.9 Å². The number of rotatable bonds is 3. The van der Waals surface area contributed by atoms with E-state index < -0.39 is 11.9 Å². The maximum atomic E-state index is 12.9. The van der Waals surface area contributed by atoms with E-state index in [4.69, 9.17) is 5.11 Å². The zero-order valence-electron chi connectivity index (χ0n) is 12.4. The van der Waals surface area contributed by atoms with E-state index in [9.17, 15) is 14.0 Å². The average Bonchev–Trinajstić information content (AvgIpc) is 3.14. The number of carbonyl (C=O) groups is 2. The smallest absolute Gasteiger partial charge is 0.308 e. The first-order valence-electron chi connectivity index (χ1n) is 7.16. The van der Waals surface area contributed by atoms with Crippen molar-refractivity contribution in [3.05, 3.63) is 42.0 Å².